The van der Waals surface area contributed by atoms with Gasteiger partial charge in [-0.3, -0.25) is 4.79 Å². The molecule has 4 nitrogen and oxygen atoms in total. The van der Waals surface area contributed by atoms with Crippen LogP contribution in [0.5, 0.6) is 0 Å². The van der Waals surface area contributed by atoms with Gasteiger partial charge in [-0.15, -0.1) is 0 Å². The third kappa shape index (κ3) is 3.39. The van der Waals surface area contributed by atoms with Crippen molar-refractivity contribution in [2.45, 2.75) is 13.0 Å². The Morgan fingerprint density at radius 2 is 2.05 bits per heavy atom. The molecule has 20 heavy (non-hydrogen) atoms. The summed E-state index contributed by atoms with van der Waals surface area (Å²) < 4.78 is 10.0. The lowest BCUT2D eigenvalue weighted by atomic mass is 10.1. The van der Waals surface area contributed by atoms with Gasteiger partial charge >= 0.3 is 5.97 Å². The molecule has 6 heteroatoms. The minimum atomic E-state index is -0.679. The molecule has 0 radical (unpaired) electrons. The van der Waals surface area contributed by atoms with Crippen LogP contribution >= 0.6 is 23.2 Å². The average Bonchev–Trinajstić information content (AvgIpc) is 2.35. The fourth-order valence-corrected chi connectivity index (χ4v) is 1.95. The van der Waals surface area contributed by atoms with Gasteiger partial charge < -0.3 is 9.47 Å². The lowest BCUT2D eigenvalue weighted by molar-refractivity contribution is -0.167. The number of Topliss-reactive ketones (excluding diaryl/α,β-unsaturated/α-hetero) is 1. The maximum absolute atomic E-state index is 11.9. The second-order valence-corrected chi connectivity index (χ2v) is 5.11. The van der Waals surface area contributed by atoms with E-state index in [0.29, 0.717) is 23.8 Å². The van der Waals surface area contributed by atoms with Crippen molar-refractivity contribution in [1.29, 1.82) is 0 Å². The van der Waals surface area contributed by atoms with Crippen molar-refractivity contribution >= 4 is 41.0 Å². The van der Waals surface area contributed by atoms with Gasteiger partial charge in [0, 0.05) is 0 Å². The molecule has 1 aromatic carbocycles. The van der Waals surface area contributed by atoms with E-state index >= 15 is 0 Å². The van der Waals surface area contributed by atoms with Crippen LogP contribution in [-0.2, 0) is 19.1 Å². The van der Waals surface area contributed by atoms with Gasteiger partial charge in [0.25, 0.3) is 0 Å². The van der Waals surface area contributed by atoms with Crippen molar-refractivity contribution in [2.75, 3.05) is 13.2 Å². The van der Waals surface area contributed by atoms with Gasteiger partial charge in [-0.25, -0.2) is 4.79 Å². The molecule has 0 saturated carbocycles. The Balaban J connectivity index is 2.27. The summed E-state index contributed by atoms with van der Waals surface area (Å²) in [6.07, 6.45) is 1.10. The van der Waals surface area contributed by atoms with E-state index in [9.17, 15) is 9.59 Å². The van der Waals surface area contributed by atoms with Crippen LogP contribution in [0.25, 0.3) is 6.08 Å². The third-order valence-corrected chi connectivity index (χ3v) is 3.60. The van der Waals surface area contributed by atoms with E-state index in [1.165, 1.54) is 13.0 Å². The summed E-state index contributed by atoms with van der Waals surface area (Å²) in [5.41, 5.74) is 0.423. The standard InChI is InChI=1S/C14H12Cl2O4/c1-8(17)11(14(18)20-10-6-19-7-10)5-9-3-2-4-12(15)13(9)16/h2-5,10H,6-7H2,1H3/b11-5-. The molecule has 1 saturated heterocycles. The molecule has 0 atom stereocenters. The van der Waals surface area contributed by atoms with Crippen LogP contribution < -0.4 is 0 Å². The van der Waals surface area contributed by atoms with Gasteiger partial charge in [0.1, 0.15) is 11.7 Å². The van der Waals surface area contributed by atoms with Gasteiger partial charge in [0.2, 0.25) is 0 Å². The summed E-state index contributed by atoms with van der Waals surface area (Å²) in [6, 6.07) is 4.97. The van der Waals surface area contributed by atoms with Crippen LogP contribution in [0.1, 0.15) is 12.5 Å². The number of esters is 1. The number of halogens is 2. The zero-order chi connectivity index (χ0) is 14.7. The molecule has 0 unspecified atom stereocenters. The normalized spacial score (nSPS) is 15.7. The molecule has 1 aromatic rings. The Labute approximate surface area is 126 Å². The Bertz CT molecular complexity index is 577. The van der Waals surface area contributed by atoms with Crippen LogP contribution in [0.2, 0.25) is 10.0 Å². The predicted molar refractivity (Wildman–Crippen MR) is 75.8 cm³/mol. The molecule has 0 N–H and O–H groups in total. The predicted octanol–water partition coefficient (Wildman–Crippen LogP) is 2.91. The van der Waals surface area contributed by atoms with Crippen LogP contribution in [0.3, 0.4) is 0 Å². The van der Waals surface area contributed by atoms with E-state index in [4.69, 9.17) is 32.7 Å². The first kappa shape index (κ1) is 15.0. The van der Waals surface area contributed by atoms with Crippen molar-refractivity contribution in [1.82, 2.24) is 0 Å². The molecule has 1 fully saturated rings. The molecule has 1 heterocycles. The summed E-state index contributed by atoms with van der Waals surface area (Å²) >= 11 is 11.9. The molecule has 0 aliphatic carbocycles. The van der Waals surface area contributed by atoms with Gasteiger partial charge in [-0.2, -0.15) is 0 Å². The number of carbonyl (C=O) groups excluding carboxylic acids is 2. The first-order chi connectivity index (χ1) is 9.49. The number of hydrogen-bond acceptors (Lipinski definition) is 4. The van der Waals surface area contributed by atoms with E-state index < -0.39 is 11.8 Å². The van der Waals surface area contributed by atoms with Crippen LogP contribution in [0, 0.1) is 0 Å². The zero-order valence-corrected chi connectivity index (χ0v) is 12.2. The lowest BCUT2D eigenvalue weighted by Gasteiger charge is -2.25. The fraction of sp³-hybridized carbons (Fsp3) is 0.286. The molecule has 0 bridgehead atoms. The van der Waals surface area contributed by atoms with Crippen molar-refractivity contribution in [3.8, 4) is 0 Å². The number of rotatable bonds is 4. The van der Waals surface area contributed by atoms with E-state index in [1.807, 2.05) is 0 Å². The summed E-state index contributed by atoms with van der Waals surface area (Å²) in [4.78, 5) is 23.5. The fourth-order valence-electron chi connectivity index (χ4n) is 1.59. The number of carbonyl (C=O) groups is 2. The molecule has 0 spiro atoms. The first-order valence-corrected chi connectivity index (χ1v) is 6.70. The number of benzene rings is 1. The first-order valence-electron chi connectivity index (χ1n) is 5.94. The lowest BCUT2D eigenvalue weighted by Crippen LogP contribution is -2.38. The monoisotopic (exact) mass is 314 g/mol. The second kappa shape index (κ2) is 6.39. The Hall–Kier alpha value is -1.36. The molecule has 2 rings (SSSR count). The van der Waals surface area contributed by atoms with Gasteiger partial charge in [0.15, 0.2) is 5.78 Å². The van der Waals surface area contributed by atoms with Crippen molar-refractivity contribution in [3.63, 3.8) is 0 Å². The summed E-state index contributed by atoms with van der Waals surface area (Å²) in [5.74, 6) is -1.08. The van der Waals surface area contributed by atoms with Crippen LogP contribution in [-0.4, -0.2) is 31.1 Å². The highest BCUT2D eigenvalue weighted by Gasteiger charge is 2.26. The van der Waals surface area contributed by atoms with Crippen LogP contribution in [0.4, 0.5) is 0 Å². The largest absolute Gasteiger partial charge is 0.454 e. The Morgan fingerprint density at radius 3 is 2.60 bits per heavy atom. The van der Waals surface area contributed by atoms with E-state index in [-0.39, 0.29) is 16.7 Å². The quantitative estimate of drug-likeness (QED) is 0.371. The van der Waals surface area contributed by atoms with E-state index in [2.05, 4.69) is 0 Å². The minimum absolute atomic E-state index is 0.0685. The molecular weight excluding hydrogens is 303 g/mol. The smallest absolute Gasteiger partial charge is 0.342 e. The SMILES string of the molecule is CC(=O)/C(=C/c1cccc(Cl)c1Cl)C(=O)OC1COC1. The highest BCUT2D eigenvalue weighted by Crippen LogP contribution is 2.27. The maximum atomic E-state index is 11.9. The molecule has 1 aliphatic heterocycles. The molecule has 0 aromatic heterocycles. The number of hydrogen-bond donors (Lipinski definition) is 0. The summed E-state index contributed by atoms with van der Waals surface area (Å²) in [5, 5.41) is 0.636. The molecule has 1 aliphatic rings. The topological polar surface area (TPSA) is 52.6 Å². The Morgan fingerprint density at radius 1 is 1.35 bits per heavy atom. The van der Waals surface area contributed by atoms with Gasteiger partial charge in [0.05, 0.1) is 23.3 Å². The van der Waals surface area contributed by atoms with E-state index in [0.717, 1.165) is 0 Å². The molecule has 0 amide bonds. The van der Waals surface area contributed by atoms with Crippen LogP contribution in [0.15, 0.2) is 23.8 Å². The van der Waals surface area contributed by atoms with Gasteiger partial charge in [-0.05, 0) is 24.6 Å². The highest BCUT2D eigenvalue weighted by atomic mass is 35.5. The average molecular weight is 315 g/mol. The summed E-state index contributed by atoms with van der Waals surface area (Å²) in [7, 11) is 0. The Kier molecular flexibility index (Phi) is 4.81. The minimum Gasteiger partial charge on any atom is -0.454 e. The number of ether oxygens (including phenoxy) is 2. The second-order valence-electron chi connectivity index (χ2n) is 4.32. The zero-order valence-electron chi connectivity index (χ0n) is 10.7. The van der Waals surface area contributed by atoms with Crippen molar-refractivity contribution in [3.05, 3.63) is 39.4 Å². The number of ketones is 1. The highest BCUT2D eigenvalue weighted by molar-refractivity contribution is 6.43. The molecule has 106 valence electrons. The third-order valence-electron chi connectivity index (χ3n) is 2.76. The van der Waals surface area contributed by atoms with Crippen molar-refractivity contribution in [2.24, 2.45) is 0 Å². The van der Waals surface area contributed by atoms with Crippen molar-refractivity contribution < 1.29 is 19.1 Å². The molecular formula is C14H12Cl2O4. The van der Waals surface area contributed by atoms with Gasteiger partial charge in [-0.1, -0.05) is 35.3 Å². The summed E-state index contributed by atoms with van der Waals surface area (Å²) in [6.45, 7) is 2.01. The maximum Gasteiger partial charge on any atom is 0.342 e. The van der Waals surface area contributed by atoms with E-state index in [1.54, 1.807) is 18.2 Å².